The molecule has 2 heteroatoms. The maximum absolute atomic E-state index is 3.27. The largest absolute Gasteiger partial charge is 0.318 e. The molecule has 1 N–H and O–H groups in total. The lowest BCUT2D eigenvalue weighted by atomic mass is 9.98. The van der Waals surface area contributed by atoms with Crippen molar-refractivity contribution in [2.45, 2.75) is 46.7 Å². The molecule has 102 valence electrons. The Bertz CT molecular complexity index is 408. The molecular formula is C16H28N2. The van der Waals surface area contributed by atoms with Gasteiger partial charge in [0, 0.05) is 18.6 Å². The number of hydrogen-bond donors (Lipinski definition) is 1. The van der Waals surface area contributed by atoms with Crippen LogP contribution in [0.5, 0.6) is 0 Å². The summed E-state index contributed by atoms with van der Waals surface area (Å²) in [5, 5.41) is 3.27. The van der Waals surface area contributed by atoms with Gasteiger partial charge in [0.25, 0.3) is 0 Å². The van der Waals surface area contributed by atoms with Crippen LogP contribution in [0.25, 0.3) is 0 Å². The van der Waals surface area contributed by atoms with Crippen LogP contribution in [0.2, 0.25) is 0 Å². The first-order chi connectivity index (χ1) is 8.27. The van der Waals surface area contributed by atoms with Crippen LogP contribution in [0.15, 0.2) is 12.1 Å². The molecule has 0 saturated heterocycles. The first-order valence-corrected chi connectivity index (χ1v) is 6.70. The minimum Gasteiger partial charge on any atom is -0.318 e. The van der Waals surface area contributed by atoms with Crippen molar-refractivity contribution >= 4 is 0 Å². The summed E-state index contributed by atoms with van der Waals surface area (Å²) in [6.07, 6.45) is 0. The third-order valence-electron chi connectivity index (χ3n) is 4.00. The molecule has 0 aromatic heterocycles. The average Bonchev–Trinajstić information content (AvgIpc) is 2.25. The Morgan fingerprint density at radius 3 is 2.17 bits per heavy atom. The van der Waals surface area contributed by atoms with Gasteiger partial charge in [-0.3, -0.25) is 4.90 Å². The van der Waals surface area contributed by atoms with Gasteiger partial charge in [0.05, 0.1) is 0 Å². The maximum Gasteiger partial charge on any atom is 0.0278 e. The zero-order chi connectivity index (χ0) is 13.9. The molecular weight excluding hydrogens is 220 g/mol. The molecule has 0 bridgehead atoms. The highest BCUT2D eigenvalue weighted by Gasteiger charge is 2.22. The molecule has 0 amide bonds. The molecule has 1 aromatic carbocycles. The van der Waals surface area contributed by atoms with Gasteiger partial charge >= 0.3 is 0 Å². The second kappa shape index (κ2) is 5.85. The van der Waals surface area contributed by atoms with Crippen LogP contribution in [-0.4, -0.2) is 31.1 Å². The Balaban J connectivity index is 2.88. The predicted molar refractivity (Wildman–Crippen MR) is 80.1 cm³/mol. The van der Waals surface area contributed by atoms with E-state index < -0.39 is 0 Å². The van der Waals surface area contributed by atoms with Crippen molar-refractivity contribution in [2.24, 2.45) is 0 Å². The van der Waals surface area contributed by atoms with Crippen LogP contribution >= 0.6 is 0 Å². The lowest BCUT2D eigenvalue weighted by Crippen LogP contribution is -2.47. The minimum absolute atomic E-state index is 0.167. The third kappa shape index (κ3) is 3.56. The van der Waals surface area contributed by atoms with Crippen molar-refractivity contribution in [3.8, 4) is 0 Å². The number of rotatable bonds is 5. The lowest BCUT2D eigenvalue weighted by molar-refractivity contribution is 0.147. The summed E-state index contributed by atoms with van der Waals surface area (Å²) in [6, 6.07) is 4.63. The predicted octanol–water partition coefficient (Wildman–Crippen LogP) is 3.04. The summed E-state index contributed by atoms with van der Waals surface area (Å²) >= 11 is 0. The number of hydrogen-bond acceptors (Lipinski definition) is 2. The van der Waals surface area contributed by atoms with Crippen molar-refractivity contribution in [2.75, 3.05) is 20.6 Å². The Morgan fingerprint density at radius 2 is 1.61 bits per heavy atom. The molecule has 0 radical (unpaired) electrons. The Kier molecular flexibility index (Phi) is 4.94. The van der Waals surface area contributed by atoms with Crippen LogP contribution in [0, 0.1) is 20.8 Å². The fourth-order valence-corrected chi connectivity index (χ4v) is 2.23. The second-order valence-corrected chi connectivity index (χ2v) is 6.06. The normalized spacial score (nSPS) is 12.2. The smallest absolute Gasteiger partial charge is 0.0278 e. The van der Waals surface area contributed by atoms with Crippen molar-refractivity contribution in [1.82, 2.24) is 10.2 Å². The van der Waals surface area contributed by atoms with E-state index in [1.165, 1.54) is 22.3 Å². The average molecular weight is 248 g/mol. The number of likely N-dealkylation sites (N-methyl/N-ethyl adjacent to an activating group) is 2. The Morgan fingerprint density at radius 1 is 1.06 bits per heavy atom. The van der Waals surface area contributed by atoms with Gasteiger partial charge in [0.15, 0.2) is 0 Å². The summed E-state index contributed by atoms with van der Waals surface area (Å²) < 4.78 is 0. The van der Waals surface area contributed by atoms with E-state index in [9.17, 15) is 0 Å². The minimum atomic E-state index is 0.167. The molecule has 0 fully saturated rings. The van der Waals surface area contributed by atoms with Gasteiger partial charge in [-0.05, 0) is 71.0 Å². The molecule has 18 heavy (non-hydrogen) atoms. The van der Waals surface area contributed by atoms with Crippen molar-refractivity contribution in [3.63, 3.8) is 0 Å². The highest BCUT2D eigenvalue weighted by atomic mass is 15.2. The molecule has 2 nitrogen and oxygen atoms in total. The first-order valence-electron chi connectivity index (χ1n) is 6.70. The van der Waals surface area contributed by atoms with E-state index in [1.807, 2.05) is 7.05 Å². The first kappa shape index (κ1) is 15.2. The molecule has 1 aromatic rings. The van der Waals surface area contributed by atoms with E-state index in [0.29, 0.717) is 0 Å². The Hall–Kier alpha value is -0.860. The zero-order valence-electron chi connectivity index (χ0n) is 13.0. The van der Waals surface area contributed by atoms with Gasteiger partial charge in [-0.1, -0.05) is 12.1 Å². The van der Waals surface area contributed by atoms with Gasteiger partial charge in [-0.15, -0.1) is 0 Å². The maximum atomic E-state index is 3.27. The van der Waals surface area contributed by atoms with Crippen LogP contribution in [0.3, 0.4) is 0 Å². The molecule has 0 aliphatic rings. The number of aryl methyl sites for hydroxylation is 3. The SMILES string of the molecule is CNCC(C)(C)N(C)Cc1cc(C)c(C)cc1C. The van der Waals surface area contributed by atoms with E-state index in [4.69, 9.17) is 0 Å². The number of nitrogens with zero attached hydrogens (tertiary/aromatic N) is 1. The van der Waals surface area contributed by atoms with Gasteiger partial charge in [-0.2, -0.15) is 0 Å². The summed E-state index contributed by atoms with van der Waals surface area (Å²) in [4.78, 5) is 2.42. The van der Waals surface area contributed by atoms with Gasteiger partial charge in [-0.25, -0.2) is 0 Å². The standard InChI is InChI=1S/C16H28N2/c1-12-8-14(3)15(9-13(12)2)10-18(7)16(4,5)11-17-6/h8-9,17H,10-11H2,1-7H3. The van der Waals surface area contributed by atoms with Gasteiger partial charge < -0.3 is 5.32 Å². The summed E-state index contributed by atoms with van der Waals surface area (Å²) in [5.41, 5.74) is 5.76. The molecule has 0 aliphatic carbocycles. The monoisotopic (exact) mass is 248 g/mol. The van der Waals surface area contributed by atoms with Gasteiger partial charge in [0.1, 0.15) is 0 Å². The molecule has 0 heterocycles. The molecule has 1 rings (SSSR count). The quantitative estimate of drug-likeness (QED) is 0.861. The lowest BCUT2D eigenvalue weighted by Gasteiger charge is -2.36. The van der Waals surface area contributed by atoms with Crippen molar-refractivity contribution in [1.29, 1.82) is 0 Å². The van der Waals surface area contributed by atoms with Gasteiger partial charge in [0.2, 0.25) is 0 Å². The second-order valence-electron chi connectivity index (χ2n) is 6.06. The van der Waals surface area contributed by atoms with Crippen LogP contribution < -0.4 is 5.32 Å². The van der Waals surface area contributed by atoms with E-state index in [2.05, 4.69) is 64.0 Å². The molecule has 0 atom stereocenters. The van der Waals surface area contributed by atoms with E-state index in [0.717, 1.165) is 13.1 Å². The van der Waals surface area contributed by atoms with Crippen molar-refractivity contribution in [3.05, 3.63) is 34.4 Å². The van der Waals surface area contributed by atoms with Crippen LogP contribution in [-0.2, 0) is 6.54 Å². The van der Waals surface area contributed by atoms with E-state index in [1.54, 1.807) is 0 Å². The fraction of sp³-hybridized carbons (Fsp3) is 0.625. The van der Waals surface area contributed by atoms with Crippen LogP contribution in [0.1, 0.15) is 36.1 Å². The number of benzene rings is 1. The van der Waals surface area contributed by atoms with E-state index >= 15 is 0 Å². The molecule has 0 aliphatic heterocycles. The highest BCUT2D eigenvalue weighted by molar-refractivity contribution is 5.36. The van der Waals surface area contributed by atoms with E-state index in [-0.39, 0.29) is 5.54 Å². The number of nitrogens with one attached hydrogen (secondary N) is 1. The summed E-state index contributed by atoms with van der Waals surface area (Å²) in [7, 11) is 4.21. The van der Waals surface area contributed by atoms with Crippen LogP contribution in [0.4, 0.5) is 0 Å². The topological polar surface area (TPSA) is 15.3 Å². The highest BCUT2D eigenvalue weighted by Crippen LogP contribution is 2.20. The molecule has 0 unspecified atom stereocenters. The molecule has 0 spiro atoms. The van der Waals surface area contributed by atoms with Crippen molar-refractivity contribution < 1.29 is 0 Å². The summed E-state index contributed by atoms with van der Waals surface area (Å²) in [6.45, 7) is 13.1. The summed E-state index contributed by atoms with van der Waals surface area (Å²) in [5.74, 6) is 0. The Labute approximate surface area is 112 Å². The third-order valence-corrected chi connectivity index (χ3v) is 4.00. The fourth-order valence-electron chi connectivity index (χ4n) is 2.23. The zero-order valence-corrected chi connectivity index (χ0v) is 13.0. The molecule has 0 saturated carbocycles.